The van der Waals surface area contributed by atoms with Gasteiger partial charge in [-0.1, -0.05) is 13.8 Å². The number of methoxy groups -OCH3 is 3. The molecule has 102 valence electrons. The zero-order valence-corrected chi connectivity index (χ0v) is 11.3. The summed E-state index contributed by atoms with van der Waals surface area (Å²) in [7, 11) is 4.27. The van der Waals surface area contributed by atoms with Crippen molar-refractivity contribution < 1.29 is 23.7 Å². The van der Waals surface area contributed by atoms with Crippen molar-refractivity contribution in [2.24, 2.45) is 0 Å². The lowest BCUT2D eigenvalue weighted by atomic mass is 9.84. The molecule has 0 heterocycles. The molecule has 0 amide bonds. The van der Waals surface area contributed by atoms with Gasteiger partial charge in [0.1, 0.15) is 0 Å². The number of hydrogen-bond acceptors (Lipinski definition) is 4. The third-order valence-electron chi connectivity index (χ3n) is 2.86. The number of aliphatic hydroxyl groups is 1. The van der Waals surface area contributed by atoms with Gasteiger partial charge < -0.3 is 19.3 Å². The van der Waals surface area contributed by atoms with Crippen LogP contribution < -0.4 is 14.2 Å². The van der Waals surface area contributed by atoms with Gasteiger partial charge >= 0.3 is 0 Å². The van der Waals surface area contributed by atoms with Crippen molar-refractivity contribution in [1.29, 1.82) is 0 Å². The molecule has 0 unspecified atom stereocenters. The highest BCUT2D eigenvalue weighted by Crippen LogP contribution is 2.44. The first-order valence-corrected chi connectivity index (χ1v) is 5.52. The average molecular weight is 258 g/mol. The van der Waals surface area contributed by atoms with Gasteiger partial charge in [-0.15, -0.1) is 0 Å². The molecule has 0 atom stereocenters. The Bertz CT molecular complexity index is 429. The second kappa shape index (κ2) is 5.44. The van der Waals surface area contributed by atoms with Crippen molar-refractivity contribution in [1.82, 2.24) is 0 Å². The average Bonchev–Trinajstić information content (AvgIpc) is 2.37. The van der Waals surface area contributed by atoms with E-state index in [9.17, 15) is 9.50 Å². The lowest BCUT2D eigenvalue weighted by Gasteiger charge is -2.27. The predicted molar refractivity (Wildman–Crippen MR) is 66.2 cm³/mol. The van der Waals surface area contributed by atoms with Crippen LogP contribution in [0.2, 0.25) is 0 Å². The van der Waals surface area contributed by atoms with E-state index in [4.69, 9.17) is 14.2 Å². The largest absolute Gasteiger partial charge is 0.494 e. The second-order valence-electron chi connectivity index (χ2n) is 4.55. The molecule has 5 heteroatoms. The highest BCUT2D eigenvalue weighted by molar-refractivity contribution is 5.55. The standard InChI is InChI=1S/C13H19FO4/c1-13(2,7-15)10-11(14)8(16-3)6-9(17-4)12(10)18-5/h6,15H,7H2,1-5H3. The van der Waals surface area contributed by atoms with Crippen molar-refractivity contribution >= 4 is 0 Å². The fraction of sp³-hybridized carbons (Fsp3) is 0.538. The maximum atomic E-state index is 14.3. The Kier molecular flexibility index (Phi) is 4.40. The van der Waals surface area contributed by atoms with E-state index in [-0.39, 0.29) is 23.7 Å². The molecule has 0 saturated heterocycles. The minimum Gasteiger partial charge on any atom is -0.494 e. The number of hydrogen-bond donors (Lipinski definition) is 1. The summed E-state index contributed by atoms with van der Waals surface area (Å²) in [6.07, 6.45) is 0. The Morgan fingerprint density at radius 2 is 1.67 bits per heavy atom. The summed E-state index contributed by atoms with van der Waals surface area (Å²) >= 11 is 0. The van der Waals surface area contributed by atoms with Crippen LogP contribution in [0.3, 0.4) is 0 Å². The number of ether oxygens (including phenoxy) is 3. The summed E-state index contributed by atoms with van der Waals surface area (Å²) in [5.41, 5.74) is -0.569. The molecule has 0 aromatic heterocycles. The van der Waals surface area contributed by atoms with E-state index >= 15 is 0 Å². The zero-order valence-electron chi connectivity index (χ0n) is 11.3. The number of rotatable bonds is 5. The molecule has 0 saturated carbocycles. The Morgan fingerprint density at radius 3 is 2.06 bits per heavy atom. The second-order valence-corrected chi connectivity index (χ2v) is 4.55. The highest BCUT2D eigenvalue weighted by Gasteiger charge is 2.32. The van der Waals surface area contributed by atoms with Crippen molar-refractivity contribution in [3.05, 3.63) is 17.4 Å². The van der Waals surface area contributed by atoms with E-state index in [1.807, 2.05) is 0 Å². The van der Waals surface area contributed by atoms with Gasteiger partial charge in [0.15, 0.2) is 23.1 Å². The Labute approximate surface area is 106 Å². The molecule has 0 aliphatic heterocycles. The summed E-state index contributed by atoms with van der Waals surface area (Å²) in [5.74, 6) is 0.153. The monoisotopic (exact) mass is 258 g/mol. The lowest BCUT2D eigenvalue weighted by molar-refractivity contribution is 0.208. The molecule has 0 bridgehead atoms. The Hall–Kier alpha value is -1.49. The highest BCUT2D eigenvalue weighted by atomic mass is 19.1. The van der Waals surface area contributed by atoms with E-state index in [1.54, 1.807) is 13.8 Å². The van der Waals surface area contributed by atoms with E-state index in [0.29, 0.717) is 5.75 Å². The molecule has 4 nitrogen and oxygen atoms in total. The number of halogens is 1. The molecule has 0 spiro atoms. The lowest BCUT2D eigenvalue weighted by Crippen LogP contribution is -2.25. The third kappa shape index (κ3) is 2.36. The zero-order chi connectivity index (χ0) is 13.9. The van der Waals surface area contributed by atoms with Crippen LogP contribution in [0.1, 0.15) is 19.4 Å². The van der Waals surface area contributed by atoms with Crippen LogP contribution in [-0.2, 0) is 5.41 Å². The molecule has 0 fully saturated rings. The molecular formula is C13H19FO4. The van der Waals surface area contributed by atoms with Gasteiger partial charge in [0.2, 0.25) is 0 Å². The van der Waals surface area contributed by atoms with Gasteiger partial charge in [0.25, 0.3) is 0 Å². The van der Waals surface area contributed by atoms with E-state index in [1.165, 1.54) is 27.4 Å². The van der Waals surface area contributed by atoms with Crippen LogP contribution in [0, 0.1) is 5.82 Å². The molecule has 1 rings (SSSR count). The summed E-state index contributed by atoms with van der Waals surface area (Å²) in [4.78, 5) is 0. The fourth-order valence-electron chi connectivity index (χ4n) is 1.78. The first-order valence-electron chi connectivity index (χ1n) is 5.52. The minimum absolute atomic E-state index is 0.0594. The molecule has 1 aromatic carbocycles. The summed E-state index contributed by atoms with van der Waals surface area (Å²) in [5, 5.41) is 9.42. The van der Waals surface area contributed by atoms with Crippen molar-refractivity contribution in [3.63, 3.8) is 0 Å². The quantitative estimate of drug-likeness (QED) is 0.879. The predicted octanol–water partition coefficient (Wildman–Crippen LogP) is 2.12. The van der Waals surface area contributed by atoms with Gasteiger partial charge in [0.05, 0.1) is 27.9 Å². The molecular weight excluding hydrogens is 239 g/mol. The van der Waals surface area contributed by atoms with Gasteiger partial charge in [-0.25, -0.2) is 4.39 Å². The van der Waals surface area contributed by atoms with Crippen LogP contribution in [0.4, 0.5) is 4.39 Å². The Morgan fingerprint density at radius 1 is 1.11 bits per heavy atom. The van der Waals surface area contributed by atoms with Gasteiger partial charge in [-0.3, -0.25) is 0 Å². The van der Waals surface area contributed by atoms with Crippen LogP contribution >= 0.6 is 0 Å². The first-order chi connectivity index (χ1) is 8.42. The molecule has 0 aliphatic rings. The maximum Gasteiger partial charge on any atom is 0.172 e. The molecule has 18 heavy (non-hydrogen) atoms. The minimum atomic E-state index is -0.808. The SMILES string of the molecule is COc1cc(OC)c(OC)c(C(C)(C)CO)c1F. The Balaban J connectivity index is 3.63. The first kappa shape index (κ1) is 14.6. The van der Waals surface area contributed by atoms with Gasteiger partial charge in [0, 0.05) is 17.0 Å². The molecule has 1 N–H and O–H groups in total. The maximum absolute atomic E-state index is 14.3. The molecule has 1 aromatic rings. The van der Waals surface area contributed by atoms with Crippen LogP contribution in [-0.4, -0.2) is 33.0 Å². The van der Waals surface area contributed by atoms with Crippen LogP contribution in [0.25, 0.3) is 0 Å². The summed E-state index contributed by atoms with van der Waals surface area (Å²) < 4.78 is 29.7. The van der Waals surface area contributed by atoms with Crippen molar-refractivity contribution in [2.45, 2.75) is 19.3 Å². The van der Waals surface area contributed by atoms with Crippen LogP contribution in [0.5, 0.6) is 17.2 Å². The van der Waals surface area contributed by atoms with Gasteiger partial charge in [-0.05, 0) is 0 Å². The smallest absolute Gasteiger partial charge is 0.172 e. The molecule has 0 radical (unpaired) electrons. The third-order valence-corrected chi connectivity index (χ3v) is 2.86. The van der Waals surface area contributed by atoms with E-state index < -0.39 is 11.2 Å². The number of benzene rings is 1. The van der Waals surface area contributed by atoms with E-state index in [2.05, 4.69) is 0 Å². The number of aliphatic hydroxyl groups excluding tert-OH is 1. The fourth-order valence-corrected chi connectivity index (χ4v) is 1.78. The van der Waals surface area contributed by atoms with Crippen molar-refractivity contribution in [3.8, 4) is 17.2 Å². The van der Waals surface area contributed by atoms with E-state index in [0.717, 1.165) is 0 Å². The summed E-state index contributed by atoms with van der Waals surface area (Å²) in [6, 6.07) is 1.42. The summed E-state index contributed by atoms with van der Waals surface area (Å²) in [6.45, 7) is 3.20. The van der Waals surface area contributed by atoms with Crippen molar-refractivity contribution in [2.75, 3.05) is 27.9 Å². The van der Waals surface area contributed by atoms with Crippen LogP contribution in [0.15, 0.2) is 6.07 Å². The normalized spacial score (nSPS) is 11.3. The van der Waals surface area contributed by atoms with Gasteiger partial charge in [-0.2, -0.15) is 0 Å². The topological polar surface area (TPSA) is 47.9 Å². The molecule has 0 aliphatic carbocycles.